The molecule has 1 aliphatic rings. The Morgan fingerprint density at radius 3 is 2.59 bits per heavy atom. The topological polar surface area (TPSA) is 64.4 Å². The quantitative estimate of drug-likeness (QED) is 0.376. The van der Waals surface area contributed by atoms with Crippen LogP contribution in [0.2, 0.25) is 5.02 Å². The SMILES string of the molecule is COc1ccc(N2C(=S)N[C@@H](c3ccccn3)[C@@H]2c2cccn2-c2ccc(Cl)cn2)c(OC)c1. The van der Waals surface area contributed by atoms with Crippen molar-refractivity contribution in [2.75, 3.05) is 19.1 Å². The number of ether oxygens (including phenoxy) is 2. The molecular weight excluding hydrogens is 470 g/mol. The lowest BCUT2D eigenvalue weighted by Gasteiger charge is -2.30. The van der Waals surface area contributed by atoms with Crippen molar-refractivity contribution in [1.29, 1.82) is 0 Å². The first-order valence-electron chi connectivity index (χ1n) is 10.6. The summed E-state index contributed by atoms with van der Waals surface area (Å²) in [6, 6.07) is 18.9. The molecular formula is C25H22ClN5O2S. The molecule has 9 heteroatoms. The van der Waals surface area contributed by atoms with Gasteiger partial charge in [-0.3, -0.25) is 4.98 Å². The lowest BCUT2D eigenvalue weighted by atomic mass is 10.0. The minimum Gasteiger partial charge on any atom is -0.497 e. The van der Waals surface area contributed by atoms with E-state index in [1.807, 2.05) is 65.4 Å². The summed E-state index contributed by atoms with van der Waals surface area (Å²) in [6.45, 7) is 0. The van der Waals surface area contributed by atoms with Crippen LogP contribution in [0.1, 0.15) is 23.5 Å². The minimum absolute atomic E-state index is 0.207. The maximum Gasteiger partial charge on any atom is 0.174 e. The molecule has 1 N–H and O–H groups in total. The van der Waals surface area contributed by atoms with Crippen LogP contribution in [0.5, 0.6) is 11.5 Å². The maximum absolute atomic E-state index is 6.08. The van der Waals surface area contributed by atoms with Gasteiger partial charge in [-0.05, 0) is 60.7 Å². The molecule has 0 radical (unpaired) electrons. The highest BCUT2D eigenvalue weighted by Crippen LogP contribution is 2.45. The van der Waals surface area contributed by atoms with Gasteiger partial charge in [0.25, 0.3) is 0 Å². The molecule has 4 heterocycles. The molecule has 1 aromatic carbocycles. The molecule has 0 amide bonds. The first kappa shape index (κ1) is 22.2. The first-order valence-corrected chi connectivity index (χ1v) is 11.4. The predicted molar refractivity (Wildman–Crippen MR) is 136 cm³/mol. The van der Waals surface area contributed by atoms with Gasteiger partial charge in [0.1, 0.15) is 23.4 Å². The lowest BCUT2D eigenvalue weighted by Crippen LogP contribution is -2.30. The van der Waals surface area contributed by atoms with Crippen molar-refractivity contribution in [2.24, 2.45) is 0 Å². The summed E-state index contributed by atoms with van der Waals surface area (Å²) in [4.78, 5) is 11.2. The van der Waals surface area contributed by atoms with Crippen LogP contribution in [-0.2, 0) is 0 Å². The molecule has 0 aliphatic carbocycles. The lowest BCUT2D eigenvalue weighted by molar-refractivity contribution is 0.394. The molecule has 172 valence electrons. The highest BCUT2D eigenvalue weighted by Gasteiger charge is 2.43. The summed E-state index contributed by atoms with van der Waals surface area (Å²) in [5.41, 5.74) is 2.68. The van der Waals surface area contributed by atoms with E-state index >= 15 is 0 Å². The smallest absolute Gasteiger partial charge is 0.174 e. The Morgan fingerprint density at radius 1 is 1.00 bits per heavy atom. The third kappa shape index (κ3) is 3.95. The van der Waals surface area contributed by atoms with Crippen LogP contribution in [-0.4, -0.2) is 33.9 Å². The molecule has 1 aliphatic heterocycles. The van der Waals surface area contributed by atoms with Crippen LogP contribution in [0.15, 0.2) is 79.3 Å². The number of methoxy groups -OCH3 is 2. The Bertz CT molecular complexity index is 1310. The summed E-state index contributed by atoms with van der Waals surface area (Å²) >= 11 is 11.9. The molecule has 2 atom stereocenters. The number of aromatic nitrogens is 3. The molecule has 0 spiro atoms. The van der Waals surface area contributed by atoms with Gasteiger partial charge < -0.3 is 24.3 Å². The number of nitrogens with one attached hydrogen (secondary N) is 1. The summed E-state index contributed by atoms with van der Waals surface area (Å²) in [6.07, 6.45) is 5.40. The molecule has 4 aromatic rings. The van der Waals surface area contributed by atoms with Crippen LogP contribution in [0.25, 0.3) is 5.82 Å². The largest absolute Gasteiger partial charge is 0.497 e. The molecule has 0 saturated carbocycles. The summed E-state index contributed by atoms with van der Waals surface area (Å²) in [7, 11) is 3.26. The zero-order chi connectivity index (χ0) is 23.7. The number of pyridine rings is 2. The van der Waals surface area contributed by atoms with Crippen molar-refractivity contribution in [3.8, 4) is 17.3 Å². The van der Waals surface area contributed by atoms with Gasteiger partial charge in [0.2, 0.25) is 0 Å². The Hall–Kier alpha value is -3.62. The van der Waals surface area contributed by atoms with Gasteiger partial charge >= 0.3 is 0 Å². The van der Waals surface area contributed by atoms with Crippen LogP contribution in [0, 0.1) is 0 Å². The number of hydrogen-bond acceptors (Lipinski definition) is 5. The second-order valence-electron chi connectivity index (χ2n) is 7.67. The second-order valence-corrected chi connectivity index (χ2v) is 8.50. The fourth-order valence-corrected chi connectivity index (χ4v) is 4.70. The number of hydrogen-bond donors (Lipinski definition) is 1. The third-order valence-electron chi connectivity index (χ3n) is 5.79. The first-order chi connectivity index (χ1) is 16.6. The van der Waals surface area contributed by atoms with E-state index in [9.17, 15) is 0 Å². The number of benzene rings is 1. The van der Waals surface area contributed by atoms with Crippen molar-refractivity contribution in [3.05, 3.63) is 95.7 Å². The van der Waals surface area contributed by atoms with E-state index in [4.69, 9.17) is 33.3 Å². The third-order valence-corrected chi connectivity index (χ3v) is 6.32. The van der Waals surface area contributed by atoms with Gasteiger partial charge in [-0.1, -0.05) is 17.7 Å². The van der Waals surface area contributed by atoms with Crippen LogP contribution in [0.3, 0.4) is 0 Å². The Balaban J connectivity index is 1.68. The Kier molecular flexibility index (Phi) is 6.08. The van der Waals surface area contributed by atoms with E-state index in [2.05, 4.69) is 26.3 Å². The summed E-state index contributed by atoms with van der Waals surface area (Å²) < 4.78 is 13.2. The van der Waals surface area contributed by atoms with Gasteiger partial charge in [0.15, 0.2) is 5.11 Å². The number of nitrogens with zero attached hydrogens (tertiary/aromatic N) is 4. The maximum atomic E-state index is 6.08. The molecule has 5 rings (SSSR count). The normalized spacial score (nSPS) is 17.5. The van der Waals surface area contributed by atoms with Gasteiger partial charge in [-0.25, -0.2) is 4.98 Å². The van der Waals surface area contributed by atoms with Crippen molar-refractivity contribution >= 4 is 34.6 Å². The number of halogens is 1. The van der Waals surface area contributed by atoms with E-state index < -0.39 is 0 Å². The zero-order valence-corrected chi connectivity index (χ0v) is 20.1. The standard InChI is InChI=1S/C25H22ClN5O2S/c1-32-17-9-10-19(21(14-17)33-2)31-24(23(29-25(31)34)18-6-3-4-12-27-18)20-7-5-13-30(20)22-11-8-16(26)15-28-22/h3-15,23-24H,1-2H3,(H,29,34)/t23-,24-/m0/s1. The minimum atomic E-state index is -0.239. The fourth-order valence-electron chi connectivity index (χ4n) is 4.25. The molecule has 0 bridgehead atoms. The number of rotatable bonds is 6. The van der Waals surface area contributed by atoms with Gasteiger partial charge in [0, 0.05) is 30.4 Å². The average molecular weight is 492 g/mol. The average Bonchev–Trinajstić information content (AvgIpc) is 3.49. The van der Waals surface area contributed by atoms with E-state index in [0.29, 0.717) is 21.6 Å². The number of thiocarbonyl (C=S) groups is 1. The van der Waals surface area contributed by atoms with E-state index in [-0.39, 0.29) is 12.1 Å². The zero-order valence-electron chi connectivity index (χ0n) is 18.6. The molecule has 1 fully saturated rings. The Labute approximate surface area is 207 Å². The number of anilines is 1. The Morgan fingerprint density at radius 2 is 1.88 bits per heavy atom. The van der Waals surface area contributed by atoms with E-state index in [1.165, 1.54) is 0 Å². The monoisotopic (exact) mass is 491 g/mol. The van der Waals surface area contributed by atoms with Crippen molar-refractivity contribution in [1.82, 2.24) is 19.9 Å². The van der Waals surface area contributed by atoms with Crippen molar-refractivity contribution < 1.29 is 9.47 Å². The van der Waals surface area contributed by atoms with Crippen molar-refractivity contribution in [3.63, 3.8) is 0 Å². The van der Waals surface area contributed by atoms with Gasteiger partial charge in [-0.2, -0.15) is 0 Å². The molecule has 0 unspecified atom stereocenters. The van der Waals surface area contributed by atoms with Crippen molar-refractivity contribution in [2.45, 2.75) is 12.1 Å². The summed E-state index contributed by atoms with van der Waals surface area (Å²) in [5, 5.41) is 4.63. The van der Waals surface area contributed by atoms with Crippen LogP contribution in [0.4, 0.5) is 5.69 Å². The second kappa shape index (κ2) is 9.32. The van der Waals surface area contributed by atoms with Crippen LogP contribution >= 0.6 is 23.8 Å². The highest BCUT2D eigenvalue weighted by molar-refractivity contribution is 7.80. The summed E-state index contributed by atoms with van der Waals surface area (Å²) in [5.74, 6) is 2.10. The molecule has 34 heavy (non-hydrogen) atoms. The van der Waals surface area contributed by atoms with E-state index in [1.54, 1.807) is 26.6 Å². The predicted octanol–water partition coefficient (Wildman–Crippen LogP) is 5.12. The fraction of sp³-hybridized carbons (Fsp3) is 0.160. The van der Waals surface area contributed by atoms with E-state index in [0.717, 1.165) is 22.9 Å². The molecule has 1 saturated heterocycles. The molecule has 7 nitrogen and oxygen atoms in total. The molecule has 3 aromatic heterocycles. The van der Waals surface area contributed by atoms with Gasteiger partial charge in [-0.15, -0.1) is 0 Å². The highest BCUT2D eigenvalue weighted by atomic mass is 35.5. The van der Waals surface area contributed by atoms with Gasteiger partial charge in [0.05, 0.1) is 36.7 Å². The van der Waals surface area contributed by atoms with Crippen LogP contribution < -0.4 is 19.7 Å².